The fourth-order valence-corrected chi connectivity index (χ4v) is 3.46. The van der Waals surface area contributed by atoms with Crippen LogP contribution < -0.4 is 5.73 Å². The molecule has 1 unspecified atom stereocenters. The Kier molecular flexibility index (Phi) is 5.32. The first-order valence-corrected chi connectivity index (χ1v) is 8.51. The maximum absolute atomic E-state index is 6.22. The first kappa shape index (κ1) is 15.2. The van der Waals surface area contributed by atoms with Crippen molar-refractivity contribution in [3.63, 3.8) is 0 Å². The van der Waals surface area contributed by atoms with Crippen LogP contribution in [-0.4, -0.2) is 30.0 Å². The van der Waals surface area contributed by atoms with E-state index in [9.17, 15) is 0 Å². The Bertz CT molecular complexity index is 568. The monoisotopic (exact) mass is 288 g/mol. The lowest BCUT2D eigenvalue weighted by molar-refractivity contribution is 0.248. The maximum Gasteiger partial charge on any atom is 0.0366 e. The van der Waals surface area contributed by atoms with Crippen LogP contribution in [0.1, 0.15) is 18.9 Å². The van der Waals surface area contributed by atoms with Gasteiger partial charge in [0.15, 0.2) is 0 Å². The summed E-state index contributed by atoms with van der Waals surface area (Å²) in [6.45, 7) is 3.16. The van der Waals surface area contributed by atoms with Gasteiger partial charge in [0, 0.05) is 24.0 Å². The Morgan fingerprint density at radius 3 is 2.45 bits per heavy atom. The fraction of sp³-hybridized carbons (Fsp3) is 0.412. The molecule has 0 heterocycles. The van der Waals surface area contributed by atoms with Gasteiger partial charge in [0.05, 0.1) is 0 Å². The fourth-order valence-electron chi connectivity index (χ4n) is 2.59. The highest BCUT2D eigenvalue weighted by molar-refractivity contribution is 7.98. The SMILES string of the molecule is CCC(CSC)N(C)Cc1cc2ccccc2cc1N. The van der Waals surface area contributed by atoms with Gasteiger partial charge in [-0.1, -0.05) is 31.2 Å². The van der Waals surface area contributed by atoms with Gasteiger partial charge in [-0.3, -0.25) is 4.90 Å². The lowest BCUT2D eigenvalue weighted by Gasteiger charge is -2.27. The summed E-state index contributed by atoms with van der Waals surface area (Å²) in [6.07, 6.45) is 3.34. The molecule has 0 bridgehead atoms. The summed E-state index contributed by atoms with van der Waals surface area (Å²) >= 11 is 1.91. The van der Waals surface area contributed by atoms with Crippen LogP contribution in [0.25, 0.3) is 10.8 Å². The van der Waals surface area contributed by atoms with E-state index in [1.165, 1.54) is 28.5 Å². The summed E-state index contributed by atoms with van der Waals surface area (Å²) in [7, 11) is 2.19. The Morgan fingerprint density at radius 1 is 1.20 bits per heavy atom. The van der Waals surface area contributed by atoms with Crippen molar-refractivity contribution in [2.75, 3.05) is 24.8 Å². The molecule has 2 rings (SSSR count). The van der Waals surface area contributed by atoms with E-state index in [0.717, 1.165) is 12.2 Å². The van der Waals surface area contributed by atoms with Crippen molar-refractivity contribution in [3.8, 4) is 0 Å². The molecule has 2 N–H and O–H groups in total. The number of thioether (sulfide) groups is 1. The first-order valence-electron chi connectivity index (χ1n) is 7.12. The molecule has 108 valence electrons. The normalized spacial score (nSPS) is 13.0. The highest BCUT2D eigenvalue weighted by atomic mass is 32.2. The second-order valence-electron chi connectivity index (χ2n) is 5.33. The number of nitrogens with zero attached hydrogens (tertiary/aromatic N) is 1. The van der Waals surface area contributed by atoms with Crippen LogP contribution in [-0.2, 0) is 6.54 Å². The van der Waals surface area contributed by atoms with Crippen molar-refractivity contribution >= 4 is 28.2 Å². The van der Waals surface area contributed by atoms with Crippen molar-refractivity contribution < 1.29 is 0 Å². The number of nitrogens with two attached hydrogens (primary N) is 1. The van der Waals surface area contributed by atoms with Crippen molar-refractivity contribution in [3.05, 3.63) is 42.0 Å². The molecule has 0 aliphatic heterocycles. The lowest BCUT2D eigenvalue weighted by Crippen LogP contribution is -2.32. The van der Waals surface area contributed by atoms with E-state index in [-0.39, 0.29) is 0 Å². The average molecular weight is 288 g/mol. The number of hydrogen-bond acceptors (Lipinski definition) is 3. The molecule has 0 saturated heterocycles. The van der Waals surface area contributed by atoms with Gasteiger partial charge in [0.25, 0.3) is 0 Å². The van der Waals surface area contributed by atoms with Gasteiger partial charge in [-0.25, -0.2) is 0 Å². The van der Waals surface area contributed by atoms with Gasteiger partial charge >= 0.3 is 0 Å². The van der Waals surface area contributed by atoms with Gasteiger partial charge in [0.2, 0.25) is 0 Å². The van der Waals surface area contributed by atoms with Crippen LogP contribution in [0.4, 0.5) is 5.69 Å². The molecule has 0 radical (unpaired) electrons. The Morgan fingerprint density at radius 2 is 1.85 bits per heavy atom. The van der Waals surface area contributed by atoms with E-state index in [4.69, 9.17) is 5.73 Å². The molecule has 1 atom stereocenters. The molecule has 3 heteroatoms. The quantitative estimate of drug-likeness (QED) is 0.815. The molecule has 2 aromatic carbocycles. The number of anilines is 1. The van der Waals surface area contributed by atoms with Crippen molar-refractivity contribution in [1.82, 2.24) is 4.90 Å². The number of benzene rings is 2. The van der Waals surface area contributed by atoms with Crippen LogP contribution in [0.15, 0.2) is 36.4 Å². The van der Waals surface area contributed by atoms with Crippen LogP contribution in [0.2, 0.25) is 0 Å². The molecular weight excluding hydrogens is 264 g/mol. The molecule has 2 aromatic rings. The number of hydrogen-bond donors (Lipinski definition) is 1. The van der Waals surface area contributed by atoms with Crippen LogP contribution in [0, 0.1) is 0 Å². The zero-order valence-corrected chi connectivity index (χ0v) is 13.4. The second-order valence-corrected chi connectivity index (χ2v) is 6.24. The van der Waals surface area contributed by atoms with E-state index in [2.05, 4.69) is 61.5 Å². The highest BCUT2D eigenvalue weighted by Gasteiger charge is 2.13. The molecule has 0 aromatic heterocycles. The Hall–Kier alpha value is -1.19. The summed E-state index contributed by atoms with van der Waals surface area (Å²) in [4.78, 5) is 2.41. The molecule has 0 aliphatic carbocycles. The van der Waals surface area contributed by atoms with Crippen molar-refractivity contribution in [2.24, 2.45) is 0 Å². The lowest BCUT2D eigenvalue weighted by atomic mass is 10.0. The van der Waals surface area contributed by atoms with E-state index in [1.807, 2.05) is 11.8 Å². The molecule has 0 saturated carbocycles. The van der Waals surface area contributed by atoms with Crippen LogP contribution >= 0.6 is 11.8 Å². The minimum Gasteiger partial charge on any atom is -0.398 e. The summed E-state index contributed by atoms with van der Waals surface area (Å²) in [5, 5.41) is 2.48. The van der Waals surface area contributed by atoms with Gasteiger partial charge < -0.3 is 5.73 Å². The summed E-state index contributed by atoms with van der Waals surface area (Å²) in [5.74, 6) is 1.17. The number of fused-ring (bicyclic) bond motifs is 1. The third kappa shape index (κ3) is 3.47. The Balaban J connectivity index is 2.22. The molecule has 0 aliphatic rings. The average Bonchev–Trinajstić information content (AvgIpc) is 2.45. The minimum atomic E-state index is 0.607. The van der Waals surface area contributed by atoms with Gasteiger partial charge in [-0.2, -0.15) is 11.8 Å². The topological polar surface area (TPSA) is 29.3 Å². The third-order valence-corrected chi connectivity index (χ3v) is 4.60. The zero-order chi connectivity index (χ0) is 14.5. The summed E-state index contributed by atoms with van der Waals surface area (Å²) < 4.78 is 0. The first-order chi connectivity index (χ1) is 9.65. The van der Waals surface area contributed by atoms with E-state index < -0.39 is 0 Å². The maximum atomic E-state index is 6.22. The zero-order valence-electron chi connectivity index (χ0n) is 12.6. The van der Waals surface area contributed by atoms with Crippen LogP contribution in [0.3, 0.4) is 0 Å². The van der Waals surface area contributed by atoms with E-state index >= 15 is 0 Å². The molecule has 0 spiro atoms. The highest BCUT2D eigenvalue weighted by Crippen LogP contribution is 2.24. The minimum absolute atomic E-state index is 0.607. The largest absolute Gasteiger partial charge is 0.398 e. The molecular formula is C17H24N2S. The predicted octanol–water partition coefficient (Wildman–Crippen LogP) is 4.00. The van der Waals surface area contributed by atoms with Crippen molar-refractivity contribution in [2.45, 2.75) is 25.9 Å². The number of nitrogen functional groups attached to an aromatic ring is 1. The van der Waals surface area contributed by atoms with Gasteiger partial charge in [-0.05, 0) is 48.2 Å². The Labute approximate surface area is 126 Å². The summed E-state index contributed by atoms with van der Waals surface area (Å²) in [6, 6.07) is 13.3. The van der Waals surface area contributed by atoms with Gasteiger partial charge in [-0.15, -0.1) is 0 Å². The third-order valence-electron chi connectivity index (χ3n) is 3.88. The van der Waals surface area contributed by atoms with Crippen molar-refractivity contribution in [1.29, 1.82) is 0 Å². The summed E-state index contributed by atoms with van der Waals surface area (Å²) in [5.41, 5.74) is 8.34. The smallest absolute Gasteiger partial charge is 0.0366 e. The van der Waals surface area contributed by atoms with Crippen LogP contribution in [0.5, 0.6) is 0 Å². The van der Waals surface area contributed by atoms with E-state index in [1.54, 1.807) is 0 Å². The number of rotatable bonds is 6. The molecule has 2 nitrogen and oxygen atoms in total. The molecule has 0 fully saturated rings. The van der Waals surface area contributed by atoms with E-state index in [0.29, 0.717) is 6.04 Å². The second kappa shape index (κ2) is 7.00. The van der Waals surface area contributed by atoms with Gasteiger partial charge in [0.1, 0.15) is 0 Å². The molecule has 20 heavy (non-hydrogen) atoms. The molecule has 0 amide bonds. The standard InChI is InChI=1S/C17H24N2S/c1-4-16(12-20-3)19(2)11-15-9-13-7-5-6-8-14(13)10-17(15)18/h5-10,16H,4,11-12,18H2,1-3H3. The predicted molar refractivity (Wildman–Crippen MR) is 92.3 cm³/mol.